The van der Waals surface area contributed by atoms with Gasteiger partial charge in [0.15, 0.2) is 0 Å². The Hall–Kier alpha value is -1.32. The maximum atomic E-state index is 5.87. The molecule has 0 saturated heterocycles. The number of nitrogens with zero attached hydrogens (tertiary/aromatic N) is 1. The Kier molecular flexibility index (Phi) is 4.18. The predicted octanol–water partition coefficient (Wildman–Crippen LogP) is 2.96. The van der Waals surface area contributed by atoms with Gasteiger partial charge in [-0.25, -0.2) is 4.98 Å². The highest BCUT2D eigenvalue weighted by molar-refractivity contribution is 6.30. The molecule has 1 atom stereocenters. The molecule has 2 aromatic rings. The minimum atomic E-state index is 0.219. The zero-order valence-corrected chi connectivity index (χ0v) is 10.5. The maximum Gasteiger partial charge on any atom is 0.123 e. The van der Waals surface area contributed by atoms with Crippen LogP contribution in [0.3, 0.4) is 0 Å². The lowest BCUT2D eigenvalue weighted by molar-refractivity contribution is 0.526. The van der Waals surface area contributed by atoms with Crippen LogP contribution < -0.4 is 5.32 Å². The molecular weight excluding hydrogens is 234 g/mol. The van der Waals surface area contributed by atoms with Gasteiger partial charge in [-0.1, -0.05) is 30.7 Å². The van der Waals surface area contributed by atoms with Gasteiger partial charge in [0, 0.05) is 17.4 Å². The van der Waals surface area contributed by atoms with Crippen molar-refractivity contribution in [2.45, 2.75) is 19.4 Å². The lowest BCUT2D eigenvalue weighted by Crippen LogP contribution is -2.24. The van der Waals surface area contributed by atoms with E-state index in [1.807, 2.05) is 18.3 Å². The molecule has 0 amide bonds. The van der Waals surface area contributed by atoms with E-state index in [0.29, 0.717) is 0 Å². The van der Waals surface area contributed by atoms with Crippen LogP contribution in [0.25, 0.3) is 0 Å². The zero-order chi connectivity index (χ0) is 12.1. The number of halogens is 1. The molecule has 0 saturated carbocycles. The van der Waals surface area contributed by atoms with Gasteiger partial charge in [0.25, 0.3) is 0 Å². The Morgan fingerprint density at radius 1 is 1.35 bits per heavy atom. The summed E-state index contributed by atoms with van der Waals surface area (Å²) < 4.78 is 0. The average Bonchev–Trinajstić information content (AvgIpc) is 2.85. The van der Waals surface area contributed by atoms with Gasteiger partial charge in [0.1, 0.15) is 5.82 Å². The van der Waals surface area contributed by atoms with Crippen molar-refractivity contribution in [3.63, 3.8) is 0 Å². The molecule has 0 aliphatic rings. The van der Waals surface area contributed by atoms with E-state index < -0.39 is 0 Å². The fraction of sp³-hybridized carbons (Fsp3) is 0.308. The number of benzene rings is 1. The topological polar surface area (TPSA) is 40.7 Å². The highest BCUT2D eigenvalue weighted by Gasteiger charge is 2.12. The van der Waals surface area contributed by atoms with Crippen LogP contribution >= 0.6 is 11.6 Å². The number of hydrogen-bond donors (Lipinski definition) is 2. The SMILES string of the molecule is CCNC(Cc1ccc(Cl)cc1)c1ncc[nH]1. The quantitative estimate of drug-likeness (QED) is 0.855. The summed E-state index contributed by atoms with van der Waals surface area (Å²) in [5.74, 6) is 0.974. The highest BCUT2D eigenvalue weighted by Crippen LogP contribution is 2.17. The number of H-pyrrole nitrogens is 1. The Balaban J connectivity index is 2.10. The number of nitrogens with one attached hydrogen (secondary N) is 2. The molecule has 2 rings (SSSR count). The summed E-state index contributed by atoms with van der Waals surface area (Å²) in [6, 6.07) is 8.16. The zero-order valence-electron chi connectivity index (χ0n) is 9.78. The third-order valence-corrected chi connectivity index (χ3v) is 2.91. The van der Waals surface area contributed by atoms with Crippen LogP contribution in [0.1, 0.15) is 24.4 Å². The van der Waals surface area contributed by atoms with Crippen LogP contribution in [0, 0.1) is 0 Å². The summed E-state index contributed by atoms with van der Waals surface area (Å²) in [5.41, 5.74) is 1.25. The Morgan fingerprint density at radius 2 is 2.12 bits per heavy atom. The molecule has 3 nitrogen and oxygen atoms in total. The molecule has 90 valence electrons. The third-order valence-electron chi connectivity index (χ3n) is 2.65. The summed E-state index contributed by atoms with van der Waals surface area (Å²) in [7, 11) is 0. The Morgan fingerprint density at radius 3 is 2.71 bits per heavy atom. The minimum absolute atomic E-state index is 0.219. The van der Waals surface area contributed by atoms with Crippen LogP contribution in [0.15, 0.2) is 36.7 Å². The van der Waals surface area contributed by atoms with Crippen molar-refractivity contribution in [3.8, 4) is 0 Å². The highest BCUT2D eigenvalue weighted by atomic mass is 35.5. The van der Waals surface area contributed by atoms with Gasteiger partial charge in [-0.2, -0.15) is 0 Å². The number of likely N-dealkylation sites (N-methyl/N-ethyl adjacent to an activating group) is 1. The van der Waals surface area contributed by atoms with Crippen molar-refractivity contribution >= 4 is 11.6 Å². The fourth-order valence-corrected chi connectivity index (χ4v) is 1.96. The van der Waals surface area contributed by atoms with Crippen molar-refractivity contribution in [2.24, 2.45) is 0 Å². The summed E-state index contributed by atoms with van der Waals surface area (Å²) in [5, 5.41) is 4.19. The first-order chi connectivity index (χ1) is 8.29. The second-order valence-corrected chi connectivity index (χ2v) is 4.35. The first-order valence-electron chi connectivity index (χ1n) is 5.76. The number of rotatable bonds is 5. The van der Waals surface area contributed by atoms with Crippen molar-refractivity contribution in [1.82, 2.24) is 15.3 Å². The molecule has 1 aromatic heterocycles. The standard InChI is InChI=1S/C13H16ClN3/c1-2-15-12(13-16-7-8-17-13)9-10-3-5-11(14)6-4-10/h3-8,12,15H,2,9H2,1H3,(H,16,17). The molecule has 0 fully saturated rings. The minimum Gasteiger partial charge on any atom is -0.347 e. The van der Waals surface area contributed by atoms with Crippen molar-refractivity contribution in [3.05, 3.63) is 53.1 Å². The molecule has 0 bridgehead atoms. The van der Waals surface area contributed by atoms with Crippen LogP contribution in [0.2, 0.25) is 5.02 Å². The number of aromatic nitrogens is 2. The first kappa shape index (κ1) is 12.1. The molecule has 0 aliphatic carbocycles. The van der Waals surface area contributed by atoms with Crippen LogP contribution in [-0.4, -0.2) is 16.5 Å². The third kappa shape index (κ3) is 3.32. The molecule has 4 heteroatoms. The molecule has 17 heavy (non-hydrogen) atoms. The van der Waals surface area contributed by atoms with E-state index in [1.54, 1.807) is 6.20 Å². The molecular formula is C13H16ClN3. The van der Waals surface area contributed by atoms with E-state index in [2.05, 4.69) is 34.3 Å². The van der Waals surface area contributed by atoms with E-state index in [0.717, 1.165) is 23.8 Å². The second-order valence-electron chi connectivity index (χ2n) is 3.92. The van der Waals surface area contributed by atoms with Gasteiger partial charge in [0.2, 0.25) is 0 Å². The fourth-order valence-electron chi connectivity index (χ4n) is 1.84. The van der Waals surface area contributed by atoms with Gasteiger partial charge < -0.3 is 10.3 Å². The number of aromatic amines is 1. The summed E-state index contributed by atoms with van der Waals surface area (Å²) >= 11 is 5.87. The summed E-state index contributed by atoms with van der Waals surface area (Å²) in [6.45, 7) is 3.01. The van der Waals surface area contributed by atoms with Gasteiger partial charge in [-0.3, -0.25) is 0 Å². The lowest BCUT2D eigenvalue weighted by Gasteiger charge is -2.15. The van der Waals surface area contributed by atoms with Gasteiger partial charge >= 0.3 is 0 Å². The predicted molar refractivity (Wildman–Crippen MR) is 70.2 cm³/mol. The van der Waals surface area contributed by atoms with E-state index in [9.17, 15) is 0 Å². The van der Waals surface area contributed by atoms with Crippen LogP contribution in [0.4, 0.5) is 0 Å². The van der Waals surface area contributed by atoms with Crippen LogP contribution in [0.5, 0.6) is 0 Å². The normalized spacial score (nSPS) is 12.6. The summed E-state index contributed by atoms with van der Waals surface area (Å²) in [6.07, 6.45) is 4.53. The molecule has 0 spiro atoms. The van der Waals surface area contributed by atoms with Gasteiger partial charge in [-0.05, 0) is 30.7 Å². The van der Waals surface area contributed by atoms with Gasteiger partial charge in [-0.15, -0.1) is 0 Å². The largest absolute Gasteiger partial charge is 0.347 e. The molecule has 0 radical (unpaired) electrons. The van der Waals surface area contributed by atoms with E-state index >= 15 is 0 Å². The molecule has 0 aliphatic heterocycles. The van der Waals surface area contributed by atoms with Crippen molar-refractivity contribution in [2.75, 3.05) is 6.54 Å². The molecule has 2 N–H and O–H groups in total. The number of hydrogen-bond acceptors (Lipinski definition) is 2. The van der Waals surface area contributed by atoms with Gasteiger partial charge in [0.05, 0.1) is 6.04 Å². The molecule has 1 aromatic carbocycles. The second kappa shape index (κ2) is 5.84. The average molecular weight is 250 g/mol. The maximum absolute atomic E-state index is 5.87. The smallest absolute Gasteiger partial charge is 0.123 e. The van der Waals surface area contributed by atoms with Crippen LogP contribution in [-0.2, 0) is 6.42 Å². The Labute approximate surface area is 106 Å². The summed E-state index contributed by atoms with van der Waals surface area (Å²) in [4.78, 5) is 7.46. The lowest BCUT2D eigenvalue weighted by atomic mass is 10.1. The van der Waals surface area contributed by atoms with Crippen molar-refractivity contribution < 1.29 is 0 Å². The Bertz CT molecular complexity index is 436. The van der Waals surface area contributed by atoms with Crippen molar-refractivity contribution in [1.29, 1.82) is 0 Å². The number of imidazole rings is 1. The van der Waals surface area contributed by atoms with E-state index in [4.69, 9.17) is 11.6 Å². The van der Waals surface area contributed by atoms with E-state index in [1.165, 1.54) is 5.56 Å². The molecule has 1 unspecified atom stereocenters. The van der Waals surface area contributed by atoms with E-state index in [-0.39, 0.29) is 6.04 Å². The monoisotopic (exact) mass is 249 g/mol. The molecule has 1 heterocycles. The first-order valence-corrected chi connectivity index (χ1v) is 6.14.